The van der Waals surface area contributed by atoms with Gasteiger partial charge in [-0.2, -0.15) is 0 Å². The molecule has 2 aromatic rings. The molecular formula is C21H16FNO4. The van der Waals surface area contributed by atoms with Crippen molar-refractivity contribution in [3.8, 4) is 11.5 Å². The Bertz CT molecular complexity index is 1070. The SMILES string of the molecule is CC1(C)O/C(=C2/C(=O)Nc3cc(F)ccc32)C=C1c1ccc2c(c1)OCO2. The van der Waals surface area contributed by atoms with Crippen LogP contribution in [0.15, 0.2) is 48.2 Å². The maximum atomic E-state index is 13.5. The zero-order chi connectivity index (χ0) is 18.8. The predicted molar refractivity (Wildman–Crippen MR) is 97.7 cm³/mol. The molecule has 0 fully saturated rings. The molecule has 2 aromatic carbocycles. The normalized spacial score (nSPS) is 21.6. The van der Waals surface area contributed by atoms with Gasteiger partial charge in [0.05, 0.1) is 11.3 Å². The van der Waals surface area contributed by atoms with Gasteiger partial charge >= 0.3 is 0 Å². The van der Waals surface area contributed by atoms with Crippen molar-refractivity contribution in [2.24, 2.45) is 0 Å². The molecule has 0 atom stereocenters. The van der Waals surface area contributed by atoms with Crippen molar-refractivity contribution in [1.82, 2.24) is 0 Å². The molecule has 0 radical (unpaired) electrons. The van der Waals surface area contributed by atoms with E-state index in [0.717, 1.165) is 11.1 Å². The van der Waals surface area contributed by atoms with Crippen LogP contribution in [0.4, 0.5) is 10.1 Å². The van der Waals surface area contributed by atoms with Crippen LogP contribution in [0.3, 0.4) is 0 Å². The van der Waals surface area contributed by atoms with Gasteiger partial charge in [0, 0.05) is 11.1 Å². The molecule has 5 rings (SSSR count). The maximum Gasteiger partial charge on any atom is 0.260 e. The Kier molecular flexibility index (Phi) is 3.16. The van der Waals surface area contributed by atoms with Crippen LogP contribution in [-0.4, -0.2) is 18.3 Å². The first-order valence-corrected chi connectivity index (χ1v) is 8.59. The topological polar surface area (TPSA) is 56.8 Å². The minimum absolute atomic E-state index is 0.209. The number of nitrogens with one attached hydrogen (secondary N) is 1. The first kappa shape index (κ1) is 15.9. The molecule has 6 heteroatoms. The Labute approximate surface area is 155 Å². The molecule has 1 amide bonds. The molecule has 3 aliphatic heterocycles. The lowest BCUT2D eigenvalue weighted by molar-refractivity contribution is -0.111. The second kappa shape index (κ2) is 5.36. The van der Waals surface area contributed by atoms with Gasteiger partial charge in [0.1, 0.15) is 17.2 Å². The van der Waals surface area contributed by atoms with Gasteiger partial charge in [0.15, 0.2) is 11.5 Å². The second-order valence-electron chi connectivity index (χ2n) is 7.12. The van der Waals surface area contributed by atoms with Gasteiger partial charge in [-0.3, -0.25) is 4.79 Å². The number of carbonyl (C=O) groups is 1. The number of fused-ring (bicyclic) bond motifs is 2. The van der Waals surface area contributed by atoms with Crippen molar-refractivity contribution in [2.75, 3.05) is 12.1 Å². The second-order valence-corrected chi connectivity index (χ2v) is 7.12. The zero-order valence-electron chi connectivity index (χ0n) is 14.8. The number of hydrogen-bond donors (Lipinski definition) is 1. The van der Waals surface area contributed by atoms with E-state index in [9.17, 15) is 9.18 Å². The van der Waals surface area contributed by atoms with E-state index in [1.807, 2.05) is 38.1 Å². The van der Waals surface area contributed by atoms with Gasteiger partial charge in [0.2, 0.25) is 6.79 Å². The Morgan fingerprint density at radius 1 is 1.07 bits per heavy atom. The van der Waals surface area contributed by atoms with E-state index in [1.165, 1.54) is 12.1 Å². The molecule has 136 valence electrons. The van der Waals surface area contributed by atoms with E-state index < -0.39 is 11.4 Å². The number of carbonyl (C=O) groups excluding carboxylic acids is 1. The highest BCUT2D eigenvalue weighted by atomic mass is 19.1. The molecule has 0 bridgehead atoms. The van der Waals surface area contributed by atoms with Crippen LogP contribution in [0, 0.1) is 5.82 Å². The number of rotatable bonds is 1. The van der Waals surface area contributed by atoms with Crippen LogP contribution in [-0.2, 0) is 9.53 Å². The molecule has 0 saturated heterocycles. The van der Waals surface area contributed by atoms with Crippen molar-refractivity contribution in [3.63, 3.8) is 0 Å². The smallest absolute Gasteiger partial charge is 0.260 e. The number of ether oxygens (including phenoxy) is 3. The predicted octanol–water partition coefficient (Wildman–Crippen LogP) is 4.11. The lowest BCUT2D eigenvalue weighted by Gasteiger charge is -2.23. The van der Waals surface area contributed by atoms with Crippen LogP contribution in [0.25, 0.3) is 11.1 Å². The molecule has 1 N–H and O–H groups in total. The molecule has 0 saturated carbocycles. The van der Waals surface area contributed by atoms with E-state index in [1.54, 1.807) is 6.07 Å². The molecular weight excluding hydrogens is 349 g/mol. The molecule has 0 aliphatic carbocycles. The fourth-order valence-electron chi connectivity index (χ4n) is 3.67. The summed E-state index contributed by atoms with van der Waals surface area (Å²) in [6.07, 6.45) is 1.87. The number of benzene rings is 2. The summed E-state index contributed by atoms with van der Waals surface area (Å²) in [7, 11) is 0. The van der Waals surface area contributed by atoms with Crippen molar-refractivity contribution < 1.29 is 23.4 Å². The van der Waals surface area contributed by atoms with Gasteiger partial charge in [-0.15, -0.1) is 0 Å². The zero-order valence-corrected chi connectivity index (χ0v) is 14.8. The lowest BCUT2D eigenvalue weighted by atomic mass is 9.92. The minimum Gasteiger partial charge on any atom is -0.482 e. The van der Waals surface area contributed by atoms with E-state index in [2.05, 4.69) is 5.32 Å². The van der Waals surface area contributed by atoms with Crippen LogP contribution < -0.4 is 14.8 Å². The van der Waals surface area contributed by atoms with Gasteiger partial charge in [0.25, 0.3) is 5.91 Å². The lowest BCUT2D eigenvalue weighted by Crippen LogP contribution is -2.21. The highest BCUT2D eigenvalue weighted by Gasteiger charge is 2.38. The van der Waals surface area contributed by atoms with Gasteiger partial charge in [-0.05, 0) is 55.8 Å². The average molecular weight is 365 g/mol. The summed E-state index contributed by atoms with van der Waals surface area (Å²) in [5.74, 6) is 1.16. The van der Waals surface area contributed by atoms with Crippen molar-refractivity contribution in [2.45, 2.75) is 19.4 Å². The van der Waals surface area contributed by atoms with E-state index in [-0.39, 0.29) is 12.7 Å². The Morgan fingerprint density at radius 2 is 1.89 bits per heavy atom. The average Bonchev–Trinajstić information content (AvgIpc) is 3.28. The number of allylic oxidation sites excluding steroid dienone is 1. The molecule has 5 nitrogen and oxygen atoms in total. The first-order valence-electron chi connectivity index (χ1n) is 8.59. The molecule has 3 heterocycles. The fourth-order valence-corrected chi connectivity index (χ4v) is 3.67. The van der Waals surface area contributed by atoms with Crippen LogP contribution in [0.2, 0.25) is 0 Å². The third-order valence-corrected chi connectivity index (χ3v) is 4.95. The van der Waals surface area contributed by atoms with E-state index in [4.69, 9.17) is 14.2 Å². The van der Waals surface area contributed by atoms with E-state index in [0.29, 0.717) is 34.1 Å². The summed E-state index contributed by atoms with van der Waals surface area (Å²) in [5.41, 5.74) is 2.71. The first-order chi connectivity index (χ1) is 12.9. The number of hydrogen-bond acceptors (Lipinski definition) is 4. The van der Waals surface area contributed by atoms with Gasteiger partial charge in [-0.1, -0.05) is 6.07 Å². The summed E-state index contributed by atoms with van der Waals surface area (Å²) < 4.78 is 30.4. The summed E-state index contributed by atoms with van der Waals surface area (Å²) in [5, 5.41) is 2.70. The Hall–Kier alpha value is -3.28. The summed E-state index contributed by atoms with van der Waals surface area (Å²) in [4.78, 5) is 12.5. The minimum atomic E-state index is -0.640. The highest BCUT2D eigenvalue weighted by molar-refractivity contribution is 6.32. The van der Waals surface area contributed by atoms with Crippen LogP contribution in [0.5, 0.6) is 11.5 Å². The quantitative estimate of drug-likeness (QED) is 0.773. The van der Waals surface area contributed by atoms with Crippen LogP contribution in [0.1, 0.15) is 25.0 Å². The third-order valence-electron chi connectivity index (χ3n) is 4.95. The third kappa shape index (κ3) is 2.40. The number of halogens is 1. The van der Waals surface area contributed by atoms with Crippen molar-refractivity contribution >= 4 is 22.7 Å². The number of amides is 1. The fraction of sp³-hybridized carbons (Fsp3) is 0.190. The molecule has 0 unspecified atom stereocenters. The monoisotopic (exact) mass is 365 g/mol. The van der Waals surface area contributed by atoms with Gasteiger partial charge in [-0.25, -0.2) is 4.39 Å². The Morgan fingerprint density at radius 3 is 2.74 bits per heavy atom. The molecule has 3 aliphatic rings. The highest BCUT2D eigenvalue weighted by Crippen LogP contribution is 2.46. The molecule has 0 aromatic heterocycles. The maximum absolute atomic E-state index is 13.5. The number of anilines is 1. The van der Waals surface area contributed by atoms with Gasteiger partial charge < -0.3 is 19.5 Å². The largest absolute Gasteiger partial charge is 0.482 e. The summed E-state index contributed by atoms with van der Waals surface area (Å²) >= 11 is 0. The van der Waals surface area contributed by atoms with Crippen LogP contribution >= 0.6 is 0 Å². The summed E-state index contributed by atoms with van der Waals surface area (Å²) in [6, 6.07) is 9.94. The molecule has 0 spiro atoms. The van der Waals surface area contributed by atoms with Crippen molar-refractivity contribution in [1.29, 1.82) is 0 Å². The summed E-state index contributed by atoms with van der Waals surface area (Å²) in [6.45, 7) is 4.09. The molecule has 27 heavy (non-hydrogen) atoms. The van der Waals surface area contributed by atoms with Crippen molar-refractivity contribution in [3.05, 3.63) is 65.2 Å². The van der Waals surface area contributed by atoms with E-state index >= 15 is 0 Å². The standard InChI is InChI=1S/C21H16FNO4/c1-21(2)14(11-3-6-16-17(7-11)26-10-25-16)9-18(27-21)19-13-5-4-12(22)8-15(13)23-20(19)24/h3-9H,10H2,1-2H3,(H,23,24)/b19-18+. The Balaban J connectivity index is 1.64.